The Balaban J connectivity index is 1.76. The number of carbonyl (C=O) groups is 2. The number of benzene rings is 1. The van der Waals surface area contributed by atoms with Crippen molar-refractivity contribution in [2.75, 3.05) is 19.8 Å². The summed E-state index contributed by atoms with van der Waals surface area (Å²) in [4.78, 5) is 26.0. The van der Waals surface area contributed by atoms with Gasteiger partial charge in [-0.3, -0.25) is 4.79 Å². The Morgan fingerprint density at radius 2 is 2.08 bits per heavy atom. The molecule has 7 nitrogen and oxygen atoms in total. The lowest BCUT2D eigenvalue weighted by Gasteiger charge is -2.32. The number of carboxylic acid groups (broad SMARTS) is 1. The maximum Gasteiger partial charge on any atom is 0.328 e. The summed E-state index contributed by atoms with van der Waals surface area (Å²) in [5, 5.41) is 14.0. The van der Waals surface area contributed by atoms with Crippen LogP contribution in [0.15, 0.2) is 24.3 Å². The zero-order chi connectivity index (χ0) is 18.3. The number of hydrogen-bond donors (Lipinski definition) is 1. The van der Waals surface area contributed by atoms with Gasteiger partial charge in [-0.15, -0.1) is 0 Å². The molecular formula is C19H21N3O4. The van der Waals surface area contributed by atoms with E-state index in [9.17, 15) is 14.7 Å². The molecule has 4 rings (SSSR count). The smallest absolute Gasteiger partial charge is 0.328 e. The minimum absolute atomic E-state index is 0.0156. The number of carboxylic acids is 1. The number of rotatable bonds is 3. The van der Waals surface area contributed by atoms with Gasteiger partial charge in [0.25, 0.3) is 5.91 Å². The van der Waals surface area contributed by atoms with Crippen LogP contribution in [0.2, 0.25) is 0 Å². The Labute approximate surface area is 151 Å². The van der Waals surface area contributed by atoms with E-state index in [0.29, 0.717) is 12.3 Å². The van der Waals surface area contributed by atoms with E-state index in [-0.39, 0.29) is 19.1 Å². The van der Waals surface area contributed by atoms with Crippen LogP contribution in [0.1, 0.15) is 33.7 Å². The Hall–Kier alpha value is -2.67. The van der Waals surface area contributed by atoms with Gasteiger partial charge in [-0.05, 0) is 37.8 Å². The fourth-order valence-electron chi connectivity index (χ4n) is 3.80. The van der Waals surface area contributed by atoms with Gasteiger partial charge in [0.05, 0.1) is 18.9 Å². The van der Waals surface area contributed by atoms with Gasteiger partial charge < -0.3 is 14.7 Å². The molecule has 1 aromatic carbocycles. The highest BCUT2D eigenvalue weighted by Crippen LogP contribution is 2.30. The van der Waals surface area contributed by atoms with Crippen LogP contribution in [0.3, 0.4) is 0 Å². The van der Waals surface area contributed by atoms with Crippen molar-refractivity contribution >= 4 is 11.9 Å². The number of carbonyl (C=O) groups excluding carboxylic acids is 1. The maximum atomic E-state index is 13.1. The van der Waals surface area contributed by atoms with Gasteiger partial charge in [-0.1, -0.05) is 18.2 Å². The molecule has 1 fully saturated rings. The average Bonchev–Trinajstić information content (AvgIpc) is 3.24. The van der Waals surface area contributed by atoms with Crippen molar-refractivity contribution in [3.63, 3.8) is 0 Å². The number of aryl methyl sites for hydroxylation is 1. The molecule has 1 amide bonds. The lowest BCUT2D eigenvalue weighted by Crippen LogP contribution is -2.52. The van der Waals surface area contributed by atoms with E-state index < -0.39 is 12.0 Å². The Morgan fingerprint density at radius 1 is 1.27 bits per heavy atom. The van der Waals surface area contributed by atoms with Gasteiger partial charge >= 0.3 is 5.97 Å². The molecule has 0 bridgehead atoms. The molecule has 1 aliphatic heterocycles. The molecule has 1 atom stereocenters. The number of para-hydroxylation sites is 1. The Bertz CT molecular complexity index is 874. The number of aromatic nitrogens is 2. The molecule has 2 heterocycles. The van der Waals surface area contributed by atoms with Crippen LogP contribution in [0.25, 0.3) is 5.69 Å². The van der Waals surface area contributed by atoms with Crippen molar-refractivity contribution < 1.29 is 19.4 Å². The van der Waals surface area contributed by atoms with Gasteiger partial charge in [-0.25, -0.2) is 9.48 Å². The highest BCUT2D eigenvalue weighted by atomic mass is 16.5. The Kier molecular flexibility index (Phi) is 4.24. The SMILES string of the molecule is Cc1ccccc1-n1nc(C(=O)N2CCOC[C@H]2C(=O)O)c2c1CCC2. The van der Waals surface area contributed by atoms with E-state index >= 15 is 0 Å². The summed E-state index contributed by atoms with van der Waals surface area (Å²) in [6.45, 7) is 2.64. The summed E-state index contributed by atoms with van der Waals surface area (Å²) in [7, 11) is 0. The van der Waals surface area contributed by atoms with Gasteiger partial charge in [0.2, 0.25) is 0 Å². The molecule has 136 valence electrons. The van der Waals surface area contributed by atoms with E-state index in [1.54, 1.807) is 0 Å². The predicted molar refractivity (Wildman–Crippen MR) is 93.6 cm³/mol. The molecule has 0 radical (unpaired) electrons. The number of hydrogen-bond acceptors (Lipinski definition) is 4. The Morgan fingerprint density at radius 3 is 2.85 bits per heavy atom. The topological polar surface area (TPSA) is 84.7 Å². The fourth-order valence-corrected chi connectivity index (χ4v) is 3.80. The summed E-state index contributed by atoms with van der Waals surface area (Å²) in [5.74, 6) is -1.36. The normalized spacial score (nSPS) is 19.4. The van der Waals surface area contributed by atoms with Crippen molar-refractivity contribution in [1.82, 2.24) is 14.7 Å². The minimum atomic E-state index is -1.05. The first-order valence-electron chi connectivity index (χ1n) is 8.86. The number of amides is 1. The second kappa shape index (κ2) is 6.57. The number of aliphatic carboxylic acids is 1. The lowest BCUT2D eigenvalue weighted by molar-refractivity contribution is -0.147. The number of fused-ring (bicyclic) bond motifs is 1. The number of nitrogens with zero attached hydrogens (tertiary/aromatic N) is 3. The summed E-state index contributed by atoms with van der Waals surface area (Å²) in [6, 6.07) is 6.97. The van der Waals surface area contributed by atoms with E-state index in [4.69, 9.17) is 4.74 Å². The summed E-state index contributed by atoms with van der Waals surface area (Å²) in [5.41, 5.74) is 4.44. The third-order valence-corrected chi connectivity index (χ3v) is 5.15. The number of ether oxygens (including phenoxy) is 1. The molecule has 1 N–H and O–H groups in total. The quantitative estimate of drug-likeness (QED) is 0.904. The average molecular weight is 355 g/mol. The van der Waals surface area contributed by atoms with E-state index in [1.807, 2.05) is 35.9 Å². The van der Waals surface area contributed by atoms with Gasteiger partial charge in [0.1, 0.15) is 0 Å². The molecule has 0 unspecified atom stereocenters. The van der Waals surface area contributed by atoms with Crippen molar-refractivity contribution in [2.24, 2.45) is 0 Å². The van der Waals surface area contributed by atoms with Crippen molar-refractivity contribution in [3.8, 4) is 5.69 Å². The highest BCUT2D eigenvalue weighted by Gasteiger charge is 2.37. The fraction of sp³-hybridized carbons (Fsp3) is 0.421. The number of morpholine rings is 1. The molecule has 7 heteroatoms. The molecule has 1 aromatic heterocycles. The summed E-state index contributed by atoms with van der Waals surface area (Å²) in [6.07, 6.45) is 2.64. The minimum Gasteiger partial charge on any atom is -0.480 e. The highest BCUT2D eigenvalue weighted by molar-refractivity contribution is 5.97. The molecule has 26 heavy (non-hydrogen) atoms. The van der Waals surface area contributed by atoms with Crippen LogP contribution in [0, 0.1) is 6.92 Å². The van der Waals surface area contributed by atoms with Crippen LogP contribution < -0.4 is 0 Å². The van der Waals surface area contributed by atoms with E-state index in [2.05, 4.69) is 5.10 Å². The molecule has 1 aliphatic carbocycles. The van der Waals surface area contributed by atoms with Crippen LogP contribution in [0.4, 0.5) is 0 Å². The predicted octanol–water partition coefficient (Wildman–Crippen LogP) is 1.60. The van der Waals surface area contributed by atoms with Crippen molar-refractivity contribution in [2.45, 2.75) is 32.2 Å². The second-order valence-electron chi connectivity index (χ2n) is 6.75. The standard InChI is InChI=1S/C19H21N3O4/c1-12-5-2-3-7-14(12)22-15-8-4-6-13(15)17(20-22)18(23)21-9-10-26-11-16(21)19(24)25/h2-3,5,7,16H,4,6,8-11H2,1H3,(H,24,25)/t16-/m0/s1. The first-order valence-corrected chi connectivity index (χ1v) is 8.86. The zero-order valence-electron chi connectivity index (χ0n) is 14.6. The van der Waals surface area contributed by atoms with Gasteiger partial charge in [0, 0.05) is 17.8 Å². The third kappa shape index (κ3) is 2.68. The van der Waals surface area contributed by atoms with Crippen LogP contribution in [-0.4, -0.2) is 57.5 Å². The monoisotopic (exact) mass is 355 g/mol. The van der Waals surface area contributed by atoms with E-state index in [0.717, 1.165) is 41.8 Å². The van der Waals surface area contributed by atoms with Crippen molar-refractivity contribution in [1.29, 1.82) is 0 Å². The molecule has 0 saturated carbocycles. The largest absolute Gasteiger partial charge is 0.480 e. The molecular weight excluding hydrogens is 334 g/mol. The molecule has 0 spiro atoms. The van der Waals surface area contributed by atoms with Crippen LogP contribution in [-0.2, 0) is 22.4 Å². The van der Waals surface area contributed by atoms with Gasteiger partial charge in [0.15, 0.2) is 11.7 Å². The van der Waals surface area contributed by atoms with E-state index in [1.165, 1.54) is 4.90 Å². The summed E-state index contributed by atoms with van der Waals surface area (Å²) >= 11 is 0. The van der Waals surface area contributed by atoms with Crippen molar-refractivity contribution in [3.05, 3.63) is 46.8 Å². The summed E-state index contributed by atoms with van der Waals surface area (Å²) < 4.78 is 7.10. The zero-order valence-corrected chi connectivity index (χ0v) is 14.6. The first kappa shape index (κ1) is 16.8. The van der Waals surface area contributed by atoms with Crippen LogP contribution in [0.5, 0.6) is 0 Å². The second-order valence-corrected chi connectivity index (χ2v) is 6.75. The molecule has 1 saturated heterocycles. The maximum absolute atomic E-state index is 13.1. The third-order valence-electron chi connectivity index (χ3n) is 5.15. The lowest BCUT2D eigenvalue weighted by atomic mass is 10.1. The first-order chi connectivity index (χ1) is 12.6. The molecule has 2 aromatic rings. The van der Waals surface area contributed by atoms with Gasteiger partial charge in [-0.2, -0.15) is 5.10 Å². The van der Waals surface area contributed by atoms with Crippen LogP contribution >= 0.6 is 0 Å². The molecule has 2 aliphatic rings.